The molecule has 0 radical (unpaired) electrons. The Hall–Kier alpha value is -3.27. The lowest BCUT2D eigenvalue weighted by molar-refractivity contribution is -0.140. The number of carbonyl (C=O) groups is 2. The smallest absolute Gasteiger partial charge is 0.264 e. The van der Waals surface area contributed by atoms with E-state index in [0.29, 0.717) is 15.6 Å². The lowest BCUT2D eigenvalue weighted by Crippen LogP contribution is -2.54. The Morgan fingerprint density at radius 3 is 1.96 bits per heavy atom. The highest BCUT2D eigenvalue weighted by molar-refractivity contribution is 7.92. The van der Waals surface area contributed by atoms with Crippen LogP contribution in [0.5, 0.6) is 0 Å². The molecule has 1 N–H and O–H groups in total. The summed E-state index contributed by atoms with van der Waals surface area (Å²) < 4.78 is 29.3. The predicted octanol–water partition coefficient (Wildman–Crippen LogP) is 7.97. The van der Waals surface area contributed by atoms with Crippen LogP contribution in [0.1, 0.15) is 30.5 Å². The van der Waals surface area contributed by atoms with Crippen LogP contribution in [0.2, 0.25) is 20.1 Å². The van der Waals surface area contributed by atoms with Gasteiger partial charge < -0.3 is 10.2 Å². The lowest BCUT2D eigenvalue weighted by atomic mass is 10.0. The van der Waals surface area contributed by atoms with Crippen molar-refractivity contribution < 1.29 is 18.0 Å². The van der Waals surface area contributed by atoms with Crippen molar-refractivity contribution in [3.05, 3.63) is 128 Å². The predicted molar refractivity (Wildman–Crippen MR) is 186 cm³/mol. The van der Waals surface area contributed by atoms with Gasteiger partial charge in [-0.3, -0.25) is 13.9 Å². The minimum atomic E-state index is -4.33. The molecule has 0 saturated heterocycles. The van der Waals surface area contributed by atoms with Crippen molar-refractivity contribution >= 4 is 73.9 Å². The van der Waals surface area contributed by atoms with Crippen molar-refractivity contribution in [1.29, 1.82) is 0 Å². The Balaban J connectivity index is 1.86. The minimum absolute atomic E-state index is 0.0407. The molecular weight excluding hydrogens is 688 g/mol. The summed E-state index contributed by atoms with van der Waals surface area (Å²) in [6, 6.07) is 23.4. The molecule has 4 rings (SSSR count). The number of nitrogens with one attached hydrogen (secondary N) is 1. The number of sulfonamides is 1. The first-order chi connectivity index (χ1) is 21.8. The molecule has 46 heavy (non-hydrogen) atoms. The summed E-state index contributed by atoms with van der Waals surface area (Å²) in [5.74, 6) is -1.10. The van der Waals surface area contributed by atoms with Crippen molar-refractivity contribution in [2.24, 2.45) is 0 Å². The van der Waals surface area contributed by atoms with E-state index in [4.69, 9.17) is 46.4 Å². The Morgan fingerprint density at radius 1 is 0.804 bits per heavy atom. The molecule has 242 valence electrons. The third-order valence-corrected chi connectivity index (χ3v) is 10.0. The van der Waals surface area contributed by atoms with Gasteiger partial charge in [-0.1, -0.05) is 100 Å². The van der Waals surface area contributed by atoms with E-state index in [-0.39, 0.29) is 39.6 Å². The molecule has 4 aromatic carbocycles. The van der Waals surface area contributed by atoms with Gasteiger partial charge in [0, 0.05) is 44.7 Å². The monoisotopic (exact) mass is 719 g/mol. The summed E-state index contributed by atoms with van der Waals surface area (Å²) in [6.07, 6.45) is 0.140. The second-order valence-electron chi connectivity index (χ2n) is 11.0. The number of nitrogens with zero attached hydrogens (tertiary/aromatic N) is 2. The zero-order valence-electron chi connectivity index (χ0n) is 25.4. The quantitative estimate of drug-likeness (QED) is 0.161. The number of hydrogen-bond acceptors (Lipinski definition) is 4. The third kappa shape index (κ3) is 8.96. The van der Waals surface area contributed by atoms with Crippen LogP contribution in [0.25, 0.3) is 0 Å². The Bertz CT molecular complexity index is 1760. The lowest BCUT2D eigenvalue weighted by Gasteiger charge is -2.34. The molecule has 0 fully saturated rings. The standard InChI is InChI=1S/C34H33Cl4N3O4S/c1-22(2)39-34(43)32(16-24-8-5-4-6-9-24)40(20-29-30(37)10-7-11-31(29)38)33(42)21-41(27-18-25(35)17-26(36)19-27)46(44,45)28-14-12-23(3)13-15-28/h4-15,17-19,22,32H,16,20-21H2,1-3H3,(H,39,43)/t32-/m1/s1. The molecule has 0 aliphatic rings. The molecule has 0 bridgehead atoms. The molecule has 1 atom stereocenters. The van der Waals surface area contributed by atoms with Gasteiger partial charge in [-0.05, 0) is 68.8 Å². The number of halogens is 4. The number of benzene rings is 4. The zero-order valence-corrected chi connectivity index (χ0v) is 29.2. The molecule has 7 nitrogen and oxygen atoms in total. The van der Waals surface area contributed by atoms with Gasteiger partial charge in [0.2, 0.25) is 11.8 Å². The van der Waals surface area contributed by atoms with Crippen LogP contribution in [0.15, 0.2) is 95.9 Å². The minimum Gasteiger partial charge on any atom is -0.352 e. The molecular formula is C34H33Cl4N3O4S. The maximum absolute atomic E-state index is 14.6. The first kappa shape index (κ1) is 35.6. The summed E-state index contributed by atoms with van der Waals surface area (Å²) in [5.41, 5.74) is 2.14. The maximum atomic E-state index is 14.6. The highest BCUT2D eigenvalue weighted by atomic mass is 35.5. The summed E-state index contributed by atoms with van der Waals surface area (Å²) in [7, 11) is -4.33. The van der Waals surface area contributed by atoms with Crippen molar-refractivity contribution in [1.82, 2.24) is 10.2 Å². The second kappa shape index (κ2) is 15.5. The Kier molecular flexibility index (Phi) is 12.0. The molecule has 0 unspecified atom stereocenters. The van der Waals surface area contributed by atoms with Crippen molar-refractivity contribution in [3.63, 3.8) is 0 Å². The maximum Gasteiger partial charge on any atom is 0.264 e. The SMILES string of the molecule is Cc1ccc(S(=O)(=O)N(CC(=O)N(Cc2c(Cl)cccc2Cl)[C@H](Cc2ccccc2)C(=O)NC(C)C)c2cc(Cl)cc(Cl)c2)cc1. The van der Waals surface area contributed by atoms with Gasteiger partial charge in [-0.15, -0.1) is 0 Å². The van der Waals surface area contributed by atoms with Crippen LogP contribution in [-0.2, 0) is 32.6 Å². The highest BCUT2D eigenvalue weighted by Crippen LogP contribution is 2.31. The average molecular weight is 722 g/mol. The van der Waals surface area contributed by atoms with Crippen LogP contribution in [0.4, 0.5) is 5.69 Å². The average Bonchev–Trinajstić information content (AvgIpc) is 2.98. The van der Waals surface area contributed by atoms with E-state index in [1.165, 1.54) is 35.2 Å². The number of carbonyl (C=O) groups excluding carboxylic acids is 2. The van der Waals surface area contributed by atoms with Crippen LogP contribution >= 0.6 is 46.4 Å². The molecule has 0 aromatic heterocycles. The fourth-order valence-corrected chi connectivity index (χ4v) is 7.27. The van der Waals surface area contributed by atoms with E-state index in [0.717, 1.165) is 15.4 Å². The van der Waals surface area contributed by atoms with Crippen molar-refractivity contribution in [2.75, 3.05) is 10.8 Å². The van der Waals surface area contributed by atoms with Crippen LogP contribution in [-0.4, -0.2) is 43.8 Å². The molecule has 12 heteroatoms. The largest absolute Gasteiger partial charge is 0.352 e. The Labute approximate surface area is 290 Å². The summed E-state index contributed by atoms with van der Waals surface area (Å²) in [4.78, 5) is 29.7. The van der Waals surface area contributed by atoms with Gasteiger partial charge in [0.25, 0.3) is 10.0 Å². The summed E-state index contributed by atoms with van der Waals surface area (Å²) in [5, 5.41) is 3.85. The molecule has 0 aliphatic carbocycles. The van der Waals surface area contributed by atoms with Crippen LogP contribution in [0, 0.1) is 6.92 Å². The number of amides is 2. The molecule has 0 heterocycles. The Morgan fingerprint density at radius 2 is 1.39 bits per heavy atom. The number of anilines is 1. The fourth-order valence-electron chi connectivity index (χ4n) is 4.84. The van der Waals surface area contributed by atoms with E-state index < -0.39 is 34.4 Å². The number of hydrogen-bond donors (Lipinski definition) is 1. The van der Waals surface area contributed by atoms with Gasteiger partial charge in [0.1, 0.15) is 12.6 Å². The third-order valence-electron chi connectivity index (χ3n) is 7.12. The first-order valence-electron chi connectivity index (χ1n) is 14.4. The molecule has 4 aromatic rings. The van der Waals surface area contributed by atoms with Gasteiger partial charge >= 0.3 is 0 Å². The van der Waals surface area contributed by atoms with Gasteiger partial charge in [0.15, 0.2) is 0 Å². The summed E-state index contributed by atoms with van der Waals surface area (Å²) >= 11 is 25.7. The van der Waals surface area contributed by atoms with Gasteiger partial charge in [-0.25, -0.2) is 8.42 Å². The topological polar surface area (TPSA) is 86.8 Å². The fraction of sp³-hybridized carbons (Fsp3) is 0.235. The van der Waals surface area contributed by atoms with Gasteiger partial charge in [0.05, 0.1) is 10.6 Å². The van der Waals surface area contributed by atoms with Crippen LogP contribution in [0.3, 0.4) is 0 Å². The number of aryl methyl sites for hydroxylation is 1. The van der Waals surface area contributed by atoms with E-state index in [1.54, 1.807) is 30.3 Å². The van der Waals surface area contributed by atoms with E-state index in [1.807, 2.05) is 51.1 Å². The zero-order chi connectivity index (χ0) is 33.6. The second-order valence-corrected chi connectivity index (χ2v) is 14.6. The summed E-state index contributed by atoms with van der Waals surface area (Å²) in [6.45, 7) is 4.60. The van der Waals surface area contributed by atoms with Gasteiger partial charge in [-0.2, -0.15) is 0 Å². The van der Waals surface area contributed by atoms with E-state index >= 15 is 0 Å². The normalized spacial score (nSPS) is 12.1. The van der Waals surface area contributed by atoms with Crippen molar-refractivity contribution in [3.8, 4) is 0 Å². The molecule has 0 spiro atoms. The number of rotatable bonds is 12. The van der Waals surface area contributed by atoms with E-state index in [9.17, 15) is 18.0 Å². The highest BCUT2D eigenvalue weighted by Gasteiger charge is 2.35. The molecule has 2 amide bonds. The molecule has 0 aliphatic heterocycles. The van der Waals surface area contributed by atoms with Crippen molar-refractivity contribution in [2.45, 2.75) is 50.7 Å². The van der Waals surface area contributed by atoms with E-state index in [2.05, 4.69) is 5.32 Å². The van der Waals surface area contributed by atoms with Crippen LogP contribution < -0.4 is 9.62 Å². The molecule has 0 saturated carbocycles. The first-order valence-corrected chi connectivity index (χ1v) is 17.3.